The number of benzene rings is 2. The number of nitrogens with zero attached hydrogens (tertiary/aromatic N) is 4. The lowest BCUT2D eigenvalue weighted by Gasteiger charge is -2.24. The molecule has 2 heterocycles. The van der Waals surface area contributed by atoms with Gasteiger partial charge in [0.2, 0.25) is 0 Å². The number of para-hydroxylation sites is 2. The van der Waals surface area contributed by atoms with Crippen molar-refractivity contribution in [3.05, 3.63) is 76.5 Å². The average Bonchev–Trinajstić information content (AvgIpc) is 3.40. The van der Waals surface area contributed by atoms with Gasteiger partial charge < -0.3 is 4.74 Å². The summed E-state index contributed by atoms with van der Waals surface area (Å²) in [6.45, 7) is 5.06. The number of hydrogen-bond donors (Lipinski definition) is 0. The predicted molar refractivity (Wildman–Crippen MR) is 118 cm³/mol. The van der Waals surface area contributed by atoms with E-state index in [0.29, 0.717) is 0 Å². The van der Waals surface area contributed by atoms with Gasteiger partial charge in [0.05, 0.1) is 16.7 Å². The third kappa shape index (κ3) is 4.10. The Morgan fingerprint density at radius 1 is 1.10 bits per heavy atom. The second kappa shape index (κ2) is 8.45. The number of hydrogen-bond acceptors (Lipinski definition) is 5. The molecular weight excluding hydrogens is 380 g/mol. The van der Waals surface area contributed by atoms with Gasteiger partial charge in [0.25, 0.3) is 0 Å². The highest BCUT2D eigenvalue weighted by Gasteiger charge is 2.15. The molecule has 0 amide bonds. The van der Waals surface area contributed by atoms with Crippen molar-refractivity contribution in [2.75, 3.05) is 14.2 Å². The van der Waals surface area contributed by atoms with E-state index < -0.39 is 0 Å². The zero-order valence-electron chi connectivity index (χ0n) is 17.2. The van der Waals surface area contributed by atoms with Crippen molar-refractivity contribution in [3.8, 4) is 5.69 Å². The largest absolute Gasteiger partial charge is 0.375 e. The van der Waals surface area contributed by atoms with Crippen molar-refractivity contribution in [3.63, 3.8) is 0 Å². The zero-order valence-corrected chi connectivity index (χ0v) is 18.1. The number of imidazole rings is 1. The molecule has 0 aliphatic carbocycles. The molecule has 2 aromatic heterocycles. The molecule has 0 fully saturated rings. The van der Waals surface area contributed by atoms with E-state index in [0.717, 1.165) is 34.0 Å². The van der Waals surface area contributed by atoms with E-state index in [1.54, 1.807) is 18.4 Å². The summed E-state index contributed by atoms with van der Waals surface area (Å²) in [7, 11) is 3.86. The smallest absolute Gasteiger partial charge is 0.122 e. The highest BCUT2D eigenvalue weighted by molar-refractivity contribution is 7.09. The van der Waals surface area contributed by atoms with E-state index in [2.05, 4.69) is 64.1 Å². The Bertz CT molecular complexity index is 1090. The lowest BCUT2D eigenvalue weighted by molar-refractivity contribution is 0.119. The number of rotatable bonds is 7. The lowest BCUT2D eigenvalue weighted by Crippen LogP contribution is -2.22. The first-order valence-electron chi connectivity index (χ1n) is 9.76. The zero-order chi connectivity index (χ0) is 20.4. The van der Waals surface area contributed by atoms with Crippen LogP contribution in [0.3, 0.4) is 0 Å². The maximum atomic E-state index is 5.37. The number of thiazole rings is 1. The Balaban J connectivity index is 1.47. The van der Waals surface area contributed by atoms with Crippen molar-refractivity contribution in [1.82, 2.24) is 19.4 Å². The molecule has 5 nitrogen and oxygen atoms in total. The topological polar surface area (TPSA) is 43.2 Å². The van der Waals surface area contributed by atoms with E-state index >= 15 is 0 Å². The van der Waals surface area contributed by atoms with Crippen LogP contribution in [0.2, 0.25) is 0 Å². The SMILES string of the molecule is COC(C)c1nc(CN(C)C(C)c2ccc(-n3cnc4ccccc43)cc2)cs1. The normalized spacial score (nSPS) is 13.8. The molecule has 0 aliphatic heterocycles. The molecule has 4 rings (SSSR count). The van der Waals surface area contributed by atoms with Gasteiger partial charge in [-0.25, -0.2) is 9.97 Å². The van der Waals surface area contributed by atoms with Gasteiger partial charge in [-0.05, 0) is 50.7 Å². The molecule has 0 saturated heterocycles. The molecule has 150 valence electrons. The summed E-state index contributed by atoms with van der Waals surface area (Å²) < 4.78 is 7.49. The molecule has 0 radical (unpaired) electrons. The summed E-state index contributed by atoms with van der Waals surface area (Å²) in [5, 5.41) is 3.15. The van der Waals surface area contributed by atoms with E-state index in [-0.39, 0.29) is 12.1 Å². The molecule has 2 unspecified atom stereocenters. The van der Waals surface area contributed by atoms with Crippen molar-refractivity contribution in [2.45, 2.75) is 32.5 Å². The summed E-state index contributed by atoms with van der Waals surface area (Å²) in [6.07, 6.45) is 1.93. The van der Waals surface area contributed by atoms with Crippen molar-refractivity contribution < 1.29 is 4.74 Å². The van der Waals surface area contributed by atoms with Crippen LogP contribution >= 0.6 is 11.3 Å². The quantitative estimate of drug-likeness (QED) is 0.413. The van der Waals surface area contributed by atoms with Gasteiger partial charge in [-0.3, -0.25) is 9.47 Å². The highest BCUT2D eigenvalue weighted by atomic mass is 32.1. The fraction of sp³-hybridized carbons (Fsp3) is 0.304. The van der Waals surface area contributed by atoms with Crippen LogP contribution in [0, 0.1) is 0 Å². The van der Waals surface area contributed by atoms with E-state index in [9.17, 15) is 0 Å². The maximum Gasteiger partial charge on any atom is 0.122 e. The summed E-state index contributed by atoms with van der Waals surface area (Å²) in [5.74, 6) is 0. The molecule has 0 N–H and O–H groups in total. The minimum absolute atomic E-state index is 0.0447. The Morgan fingerprint density at radius 2 is 1.86 bits per heavy atom. The second-order valence-corrected chi connectivity index (χ2v) is 8.23. The summed E-state index contributed by atoms with van der Waals surface area (Å²) in [4.78, 5) is 11.5. The number of fused-ring (bicyclic) bond motifs is 1. The van der Waals surface area contributed by atoms with Gasteiger partial charge in [0.15, 0.2) is 0 Å². The maximum absolute atomic E-state index is 5.37. The fourth-order valence-electron chi connectivity index (χ4n) is 3.41. The average molecular weight is 407 g/mol. The molecule has 0 spiro atoms. The molecular formula is C23H26N4OS. The third-order valence-corrected chi connectivity index (χ3v) is 6.51. The van der Waals surface area contributed by atoms with Crippen LogP contribution < -0.4 is 0 Å². The first-order chi connectivity index (χ1) is 14.1. The van der Waals surface area contributed by atoms with Crippen molar-refractivity contribution in [2.24, 2.45) is 0 Å². The van der Waals surface area contributed by atoms with Gasteiger partial charge in [-0.2, -0.15) is 0 Å². The molecule has 6 heteroatoms. The minimum atomic E-state index is 0.0447. The molecule has 0 bridgehead atoms. The number of aromatic nitrogens is 3. The summed E-state index contributed by atoms with van der Waals surface area (Å²) >= 11 is 1.66. The van der Waals surface area contributed by atoms with Crippen LogP contribution in [0.1, 0.15) is 42.3 Å². The second-order valence-electron chi connectivity index (χ2n) is 7.34. The number of ether oxygens (including phenoxy) is 1. The Kier molecular flexibility index (Phi) is 5.76. The van der Waals surface area contributed by atoms with Crippen LogP contribution in [0.15, 0.2) is 60.2 Å². The number of methoxy groups -OCH3 is 1. The fourth-order valence-corrected chi connectivity index (χ4v) is 4.25. The minimum Gasteiger partial charge on any atom is -0.375 e. The molecule has 0 aliphatic rings. The Hall–Kier alpha value is -2.54. The molecule has 2 atom stereocenters. The van der Waals surface area contributed by atoms with Gasteiger partial charge >= 0.3 is 0 Å². The monoisotopic (exact) mass is 406 g/mol. The van der Waals surface area contributed by atoms with Crippen LogP contribution in [0.25, 0.3) is 16.7 Å². The van der Waals surface area contributed by atoms with Gasteiger partial charge in [-0.15, -0.1) is 11.3 Å². The van der Waals surface area contributed by atoms with Crippen LogP contribution in [-0.4, -0.2) is 33.6 Å². The standard InChI is InChI=1S/C23H26N4OS/c1-16(26(3)13-19-14-29-23(25-19)17(2)28-4)18-9-11-20(12-10-18)27-15-24-21-7-5-6-8-22(21)27/h5-12,14-17H,13H2,1-4H3. The molecule has 2 aromatic carbocycles. The van der Waals surface area contributed by atoms with Crippen LogP contribution in [0.5, 0.6) is 0 Å². The van der Waals surface area contributed by atoms with Crippen molar-refractivity contribution in [1.29, 1.82) is 0 Å². The first kappa shape index (κ1) is 19.8. The Morgan fingerprint density at radius 3 is 2.62 bits per heavy atom. The molecule has 29 heavy (non-hydrogen) atoms. The predicted octanol–water partition coefficient (Wildman–Crippen LogP) is 5.38. The molecule has 4 aromatic rings. The van der Waals surface area contributed by atoms with Crippen LogP contribution in [0.4, 0.5) is 0 Å². The van der Waals surface area contributed by atoms with Crippen LogP contribution in [-0.2, 0) is 11.3 Å². The highest BCUT2D eigenvalue weighted by Crippen LogP contribution is 2.25. The van der Waals surface area contributed by atoms with Gasteiger partial charge in [0, 0.05) is 30.8 Å². The third-order valence-electron chi connectivity index (χ3n) is 5.45. The van der Waals surface area contributed by atoms with Crippen molar-refractivity contribution >= 4 is 22.4 Å². The van der Waals surface area contributed by atoms with E-state index in [1.807, 2.05) is 31.5 Å². The van der Waals surface area contributed by atoms with E-state index in [1.165, 1.54) is 5.56 Å². The summed E-state index contributed by atoms with van der Waals surface area (Å²) in [6, 6.07) is 17.2. The Labute approximate surface area is 175 Å². The van der Waals surface area contributed by atoms with Gasteiger partial charge in [0.1, 0.15) is 17.4 Å². The van der Waals surface area contributed by atoms with Gasteiger partial charge in [-0.1, -0.05) is 24.3 Å². The molecule has 0 saturated carbocycles. The first-order valence-corrected chi connectivity index (χ1v) is 10.6. The van der Waals surface area contributed by atoms with E-state index in [4.69, 9.17) is 9.72 Å². The lowest BCUT2D eigenvalue weighted by atomic mass is 10.1. The summed E-state index contributed by atoms with van der Waals surface area (Å²) in [5.41, 5.74) is 5.62.